The van der Waals surface area contributed by atoms with E-state index in [4.69, 9.17) is 25.5 Å². The van der Waals surface area contributed by atoms with Gasteiger partial charge in [-0.2, -0.15) is 0 Å². The van der Waals surface area contributed by atoms with Gasteiger partial charge in [-0.15, -0.1) is 0 Å². The number of nitrogens with one attached hydrogen (secondary N) is 1. The molecule has 0 aliphatic rings. The van der Waals surface area contributed by atoms with Gasteiger partial charge in [0.2, 0.25) is 0 Å². The first kappa shape index (κ1) is 19.3. The molecular formula is C19H15BrClNO5. The lowest BCUT2D eigenvalue weighted by Gasteiger charge is -2.12. The fraction of sp³-hybridized carbons (Fsp3) is 0.158. The van der Waals surface area contributed by atoms with Gasteiger partial charge in [-0.25, -0.2) is 4.79 Å². The van der Waals surface area contributed by atoms with E-state index in [0.29, 0.717) is 5.58 Å². The van der Waals surface area contributed by atoms with Crippen molar-refractivity contribution in [1.29, 1.82) is 0 Å². The smallest absolute Gasteiger partial charge is 0.341 e. The molecule has 0 spiro atoms. The quantitative estimate of drug-likeness (QED) is 0.532. The number of anilines is 1. The number of ether oxygens (including phenoxy) is 2. The summed E-state index contributed by atoms with van der Waals surface area (Å²) in [4.78, 5) is 24.5. The molecule has 3 rings (SSSR count). The van der Waals surface area contributed by atoms with Crippen LogP contribution in [0.15, 0.2) is 45.3 Å². The number of amides is 1. The van der Waals surface area contributed by atoms with E-state index in [2.05, 4.69) is 21.2 Å². The highest BCUT2D eigenvalue weighted by Gasteiger charge is 2.19. The number of furan rings is 1. The fourth-order valence-corrected chi connectivity index (χ4v) is 3.09. The predicted molar refractivity (Wildman–Crippen MR) is 106 cm³/mol. The number of hydrogen-bond donors (Lipinski definition) is 1. The molecule has 0 saturated carbocycles. The number of halogens is 2. The highest BCUT2D eigenvalue weighted by atomic mass is 79.9. The molecule has 0 unspecified atom stereocenters. The monoisotopic (exact) mass is 451 g/mol. The lowest BCUT2D eigenvalue weighted by molar-refractivity contribution is 0.0522. The predicted octanol–water partition coefficient (Wildman–Crippen LogP) is 5.29. The minimum Gasteiger partial charge on any atom is -0.496 e. The lowest BCUT2D eigenvalue weighted by Crippen LogP contribution is -2.13. The van der Waals surface area contributed by atoms with Gasteiger partial charge in [0.25, 0.3) is 5.91 Å². The number of methoxy groups -OCH3 is 1. The van der Waals surface area contributed by atoms with Crippen molar-refractivity contribution in [2.75, 3.05) is 19.0 Å². The summed E-state index contributed by atoms with van der Waals surface area (Å²) in [6.45, 7) is 1.92. The number of carbonyl (C=O) groups is 2. The molecular weight excluding hydrogens is 438 g/mol. The van der Waals surface area contributed by atoms with E-state index < -0.39 is 11.9 Å². The summed E-state index contributed by atoms with van der Waals surface area (Å²) in [5.41, 5.74) is 1.05. The number of esters is 1. The molecule has 140 valence electrons. The molecule has 2 aromatic carbocycles. The van der Waals surface area contributed by atoms with Gasteiger partial charge in [0, 0.05) is 15.9 Å². The molecule has 27 heavy (non-hydrogen) atoms. The maximum Gasteiger partial charge on any atom is 0.341 e. The number of carbonyl (C=O) groups excluding carboxylic acids is 2. The molecule has 1 amide bonds. The molecule has 0 bridgehead atoms. The average molecular weight is 453 g/mol. The molecule has 6 nitrogen and oxygen atoms in total. The van der Waals surface area contributed by atoms with E-state index in [-0.39, 0.29) is 34.4 Å². The van der Waals surface area contributed by atoms with Crippen molar-refractivity contribution in [2.24, 2.45) is 0 Å². The molecule has 0 aliphatic heterocycles. The number of fused-ring (bicyclic) bond motifs is 1. The van der Waals surface area contributed by atoms with Crippen LogP contribution < -0.4 is 10.1 Å². The van der Waals surface area contributed by atoms with Crippen LogP contribution in [0.5, 0.6) is 5.75 Å². The third-order valence-electron chi connectivity index (χ3n) is 3.73. The van der Waals surface area contributed by atoms with Crippen LogP contribution in [0.25, 0.3) is 11.0 Å². The molecule has 1 N–H and O–H groups in total. The van der Waals surface area contributed by atoms with Crippen LogP contribution in [0.4, 0.5) is 5.69 Å². The summed E-state index contributed by atoms with van der Waals surface area (Å²) >= 11 is 9.59. The van der Waals surface area contributed by atoms with Gasteiger partial charge < -0.3 is 19.2 Å². The largest absolute Gasteiger partial charge is 0.496 e. The Kier molecular flexibility index (Phi) is 5.72. The normalized spacial score (nSPS) is 10.7. The molecule has 1 heterocycles. The van der Waals surface area contributed by atoms with E-state index in [1.54, 1.807) is 19.1 Å². The first-order chi connectivity index (χ1) is 12.9. The van der Waals surface area contributed by atoms with Crippen LogP contribution in [0.2, 0.25) is 5.02 Å². The SMILES string of the molecule is CCOC(=O)c1cc(Cl)c(NC(=O)c2cc3cc(Br)ccc3o2)cc1OC. The number of rotatable bonds is 5. The lowest BCUT2D eigenvalue weighted by atomic mass is 10.1. The second kappa shape index (κ2) is 8.02. The van der Waals surface area contributed by atoms with Crippen molar-refractivity contribution in [2.45, 2.75) is 6.92 Å². The van der Waals surface area contributed by atoms with Crippen molar-refractivity contribution in [3.05, 3.63) is 57.2 Å². The van der Waals surface area contributed by atoms with Gasteiger partial charge in [-0.3, -0.25) is 4.79 Å². The fourth-order valence-electron chi connectivity index (χ4n) is 2.50. The average Bonchev–Trinajstić information content (AvgIpc) is 3.06. The second-order valence-electron chi connectivity index (χ2n) is 5.50. The minimum absolute atomic E-state index is 0.132. The highest BCUT2D eigenvalue weighted by molar-refractivity contribution is 9.10. The van der Waals surface area contributed by atoms with E-state index in [9.17, 15) is 9.59 Å². The van der Waals surface area contributed by atoms with Gasteiger partial charge in [-0.1, -0.05) is 27.5 Å². The summed E-state index contributed by atoms with van der Waals surface area (Å²) in [7, 11) is 1.41. The van der Waals surface area contributed by atoms with E-state index in [1.165, 1.54) is 19.2 Å². The molecule has 0 saturated heterocycles. The van der Waals surface area contributed by atoms with Crippen LogP contribution in [0, 0.1) is 0 Å². The second-order valence-corrected chi connectivity index (χ2v) is 6.82. The molecule has 0 radical (unpaired) electrons. The Labute approximate surface area is 168 Å². The van der Waals surface area contributed by atoms with Crippen LogP contribution in [-0.4, -0.2) is 25.6 Å². The number of benzene rings is 2. The standard InChI is InChI=1S/C19H15BrClNO5/c1-3-26-19(24)12-8-13(21)14(9-16(12)25-2)22-18(23)17-7-10-6-11(20)4-5-15(10)27-17/h4-9H,3H2,1-2H3,(H,22,23). The van der Waals surface area contributed by atoms with E-state index >= 15 is 0 Å². The Morgan fingerprint density at radius 2 is 2.00 bits per heavy atom. The maximum atomic E-state index is 12.5. The van der Waals surface area contributed by atoms with E-state index in [1.807, 2.05) is 12.1 Å². The molecule has 1 aromatic heterocycles. The first-order valence-electron chi connectivity index (χ1n) is 7.98. The van der Waals surface area contributed by atoms with Gasteiger partial charge in [-0.05, 0) is 37.3 Å². The zero-order valence-corrected chi connectivity index (χ0v) is 16.8. The molecule has 0 fully saturated rings. The summed E-state index contributed by atoms with van der Waals surface area (Å²) in [6, 6.07) is 9.92. The van der Waals surface area contributed by atoms with Crippen molar-refractivity contribution in [1.82, 2.24) is 0 Å². The Bertz CT molecular complexity index is 1030. The summed E-state index contributed by atoms with van der Waals surface area (Å²) < 4.78 is 16.6. The zero-order chi connectivity index (χ0) is 19.6. The van der Waals surface area contributed by atoms with Gasteiger partial charge >= 0.3 is 5.97 Å². The molecule has 0 atom stereocenters. The third-order valence-corrected chi connectivity index (χ3v) is 4.54. The van der Waals surface area contributed by atoms with Crippen LogP contribution in [-0.2, 0) is 4.74 Å². The Hall–Kier alpha value is -2.51. The number of hydrogen-bond acceptors (Lipinski definition) is 5. The third kappa shape index (κ3) is 4.09. The van der Waals surface area contributed by atoms with Crippen LogP contribution >= 0.6 is 27.5 Å². The minimum atomic E-state index is -0.558. The van der Waals surface area contributed by atoms with Crippen LogP contribution in [0.3, 0.4) is 0 Å². The van der Waals surface area contributed by atoms with Crippen molar-refractivity contribution < 1.29 is 23.5 Å². The van der Waals surface area contributed by atoms with Crippen molar-refractivity contribution in [3.63, 3.8) is 0 Å². The maximum absolute atomic E-state index is 12.5. The topological polar surface area (TPSA) is 77.8 Å². The van der Waals surface area contributed by atoms with Gasteiger partial charge in [0.05, 0.1) is 24.4 Å². The Morgan fingerprint density at radius 3 is 2.70 bits per heavy atom. The highest BCUT2D eigenvalue weighted by Crippen LogP contribution is 2.32. The molecule has 3 aromatic rings. The van der Waals surface area contributed by atoms with Crippen molar-refractivity contribution >= 4 is 56.1 Å². The Balaban J connectivity index is 1.89. The summed E-state index contributed by atoms with van der Waals surface area (Å²) in [5, 5.41) is 3.63. The van der Waals surface area contributed by atoms with Crippen LogP contribution in [0.1, 0.15) is 27.8 Å². The zero-order valence-electron chi connectivity index (χ0n) is 14.5. The Morgan fingerprint density at radius 1 is 1.22 bits per heavy atom. The summed E-state index contributed by atoms with van der Waals surface area (Å²) in [5.74, 6) is -0.665. The molecule has 0 aliphatic carbocycles. The first-order valence-corrected chi connectivity index (χ1v) is 9.15. The van der Waals surface area contributed by atoms with E-state index in [0.717, 1.165) is 9.86 Å². The summed E-state index contributed by atoms with van der Waals surface area (Å²) in [6.07, 6.45) is 0. The van der Waals surface area contributed by atoms with Gasteiger partial charge in [0.1, 0.15) is 16.9 Å². The molecule has 8 heteroatoms. The van der Waals surface area contributed by atoms with Crippen molar-refractivity contribution in [3.8, 4) is 5.75 Å². The van der Waals surface area contributed by atoms with Gasteiger partial charge in [0.15, 0.2) is 5.76 Å².